The molecular weight excluding hydrogens is 273 g/mol. The van der Waals surface area contributed by atoms with E-state index in [4.69, 9.17) is 5.73 Å². The van der Waals surface area contributed by atoms with Crippen molar-refractivity contribution in [2.24, 2.45) is 0 Å². The molecule has 0 atom stereocenters. The number of carbonyl (C=O) groups excluding carboxylic acids is 1. The minimum absolute atomic E-state index is 0.196. The number of nitrogens with one attached hydrogen (secondary N) is 1. The predicted octanol–water partition coefficient (Wildman–Crippen LogP) is 2.08. The summed E-state index contributed by atoms with van der Waals surface area (Å²) in [7, 11) is 0. The molecule has 0 bridgehead atoms. The van der Waals surface area contributed by atoms with Crippen molar-refractivity contribution in [1.29, 1.82) is 0 Å². The van der Waals surface area contributed by atoms with Crippen LogP contribution in [0, 0.1) is 5.82 Å². The molecule has 3 aromatic rings. The number of aromatic nitrogens is 3. The van der Waals surface area contributed by atoms with Crippen LogP contribution in [-0.2, 0) is 4.79 Å². The predicted molar refractivity (Wildman–Crippen MR) is 77.1 cm³/mol. The summed E-state index contributed by atoms with van der Waals surface area (Å²) in [4.78, 5) is 19.4. The van der Waals surface area contributed by atoms with Gasteiger partial charge < -0.3 is 11.1 Å². The average Bonchev–Trinajstić information content (AvgIpc) is 2.83. The van der Waals surface area contributed by atoms with E-state index >= 15 is 0 Å². The van der Waals surface area contributed by atoms with E-state index in [1.165, 1.54) is 31.3 Å². The molecule has 2 heterocycles. The van der Waals surface area contributed by atoms with Crippen LogP contribution >= 0.6 is 0 Å². The van der Waals surface area contributed by atoms with Gasteiger partial charge in [-0.05, 0) is 18.2 Å². The number of nitrogens with two attached hydrogens (primary N) is 1. The van der Waals surface area contributed by atoms with Crippen molar-refractivity contribution in [1.82, 2.24) is 14.4 Å². The van der Waals surface area contributed by atoms with Crippen LogP contribution in [-0.4, -0.2) is 20.3 Å². The summed E-state index contributed by atoms with van der Waals surface area (Å²) < 4.78 is 15.5. The average molecular weight is 285 g/mol. The maximum Gasteiger partial charge on any atom is 0.234 e. The quantitative estimate of drug-likeness (QED) is 0.706. The third kappa shape index (κ3) is 2.53. The lowest BCUT2D eigenvalue weighted by Crippen LogP contribution is -2.06. The summed E-state index contributed by atoms with van der Waals surface area (Å²) in [5.74, 6) is -0.200. The van der Waals surface area contributed by atoms with Crippen LogP contribution in [0.15, 0.2) is 36.8 Å². The molecule has 7 heteroatoms. The number of amides is 1. The van der Waals surface area contributed by atoms with Crippen LogP contribution < -0.4 is 11.1 Å². The van der Waals surface area contributed by atoms with Crippen LogP contribution in [0.5, 0.6) is 0 Å². The molecule has 0 fully saturated rings. The number of halogens is 1. The van der Waals surface area contributed by atoms with Gasteiger partial charge in [0.1, 0.15) is 5.82 Å². The Balaban J connectivity index is 2.08. The van der Waals surface area contributed by atoms with Crippen LogP contribution in [0.4, 0.5) is 15.8 Å². The zero-order valence-electron chi connectivity index (χ0n) is 11.2. The lowest BCUT2D eigenvalue weighted by atomic mass is 10.1. The number of hydrogen-bond acceptors (Lipinski definition) is 4. The van der Waals surface area contributed by atoms with E-state index < -0.39 is 5.82 Å². The SMILES string of the molecule is CC(=O)Nc1cnc2nc(-c3cc(N)ccc3F)cn2c1. The third-order valence-corrected chi connectivity index (χ3v) is 2.90. The van der Waals surface area contributed by atoms with Gasteiger partial charge >= 0.3 is 0 Å². The normalized spacial score (nSPS) is 10.8. The van der Waals surface area contributed by atoms with E-state index in [9.17, 15) is 9.18 Å². The molecule has 0 spiro atoms. The summed E-state index contributed by atoms with van der Waals surface area (Å²) >= 11 is 0. The summed E-state index contributed by atoms with van der Waals surface area (Å²) in [6.45, 7) is 1.41. The Labute approximate surface area is 119 Å². The highest BCUT2D eigenvalue weighted by Gasteiger charge is 2.11. The molecule has 0 aliphatic heterocycles. The number of anilines is 2. The largest absolute Gasteiger partial charge is 0.399 e. The van der Waals surface area contributed by atoms with E-state index in [1.54, 1.807) is 16.8 Å². The number of fused-ring (bicyclic) bond motifs is 1. The van der Waals surface area contributed by atoms with Gasteiger partial charge in [-0.25, -0.2) is 14.4 Å². The van der Waals surface area contributed by atoms with E-state index in [-0.39, 0.29) is 5.91 Å². The van der Waals surface area contributed by atoms with Crippen LogP contribution in [0.1, 0.15) is 6.92 Å². The van der Waals surface area contributed by atoms with Gasteiger partial charge in [-0.2, -0.15) is 0 Å². The number of carbonyl (C=O) groups is 1. The number of nitrogen functional groups attached to an aromatic ring is 1. The minimum Gasteiger partial charge on any atom is -0.399 e. The van der Waals surface area contributed by atoms with Crippen molar-refractivity contribution in [3.8, 4) is 11.3 Å². The summed E-state index contributed by atoms with van der Waals surface area (Å²) in [5.41, 5.74) is 7.39. The van der Waals surface area contributed by atoms with Crippen molar-refractivity contribution in [3.63, 3.8) is 0 Å². The molecule has 0 saturated carbocycles. The van der Waals surface area contributed by atoms with E-state index in [0.29, 0.717) is 28.4 Å². The third-order valence-electron chi connectivity index (χ3n) is 2.90. The van der Waals surface area contributed by atoms with Gasteiger partial charge in [-0.15, -0.1) is 0 Å². The molecular formula is C14H12FN5O. The fourth-order valence-corrected chi connectivity index (χ4v) is 2.02. The maximum absolute atomic E-state index is 13.9. The van der Waals surface area contributed by atoms with Crippen molar-refractivity contribution in [3.05, 3.63) is 42.6 Å². The molecule has 6 nitrogen and oxygen atoms in total. The van der Waals surface area contributed by atoms with Gasteiger partial charge in [-0.1, -0.05) is 0 Å². The van der Waals surface area contributed by atoms with E-state index in [1.807, 2.05) is 0 Å². The molecule has 1 aromatic carbocycles. The number of nitrogens with zero attached hydrogens (tertiary/aromatic N) is 3. The Morgan fingerprint density at radius 1 is 1.38 bits per heavy atom. The molecule has 1 amide bonds. The fourth-order valence-electron chi connectivity index (χ4n) is 2.02. The lowest BCUT2D eigenvalue weighted by molar-refractivity contribution is -0.114. The lowest BCUT2D eigenvalue weighted by Gasteiger charge is -2.00. The standard InChI is InChI=1S/C14H12FN5O/c1-8(21)18-10-5-17-14-19-13(7-20(14)6-10)11-4-9(16)2-3-12(11)15/h2-7H,16H2,1H3,(H,18,21). The van der Waals surface area contributed by atoms with Crippen molar-refractivity contribution >= 4 is 23.1 Å². The van der Waals surface area contributed by atoms with Gasteiger partial charge in [0.15, 0.2) is 0 Å². The first-order chi connectivity index (χ1) is 10.0. The highest BCUT2D eigenvalue weighted by molar-refractivity contribution is 5.88. The summed E-state index contributed by atoms with van der Waals surface area (Å²) in [6, 6.07) is 4.30. The fraction of sp³-hybridized carbons (Fsp3) is 0.0714. The monoisotopic (exact) mass is 285 g/mol. The van der Waals surface area contributed by atoms with Crippen LogP contribution in [0.3, 0.4) is 0 Å². The summed E-state index contributed by atoms with van der Waals surface area (Å²) in [5, 5.41) is 2.62. The Morgan fingerprint density at radius 2 is 2.19 bits per heavy atom. The molecule has 106 valence electrons. The molecule has 3 rings (SSSR count). The van der Waals surface area contributed by atoms with Gasteiger partial charge in [0.25, 0.3) is 0 Å². The number of rotatable bonds is 2. The van der Waals surface area contributed by atoms with E-state index in [2.05, 4.69) is 15.3 Å². The van der Waals surface area contributed by atoms with Gasteiger partial charge in [-0.3, -0.25) is 9.20 Å². The van der Waals surface area contributed by atoms with Gasteiger partial charge in [0, 0.05) is 30.6 Å². The van der Waals surface area contributed by atoms with Crippen molar-refractivity contribution in [2.45, 2.75) is 6.92 Å². The first kappa shape index (κ1) is 13.0. The number of benzene rings is 1. The molecule has 0 aliphatic carbocycles. The first-order valence-electron chi connectivity index (χ1n) is 6.20. The second-order valence-electron chi connectivity index (χ2n) is 4.60. The smallest absolute Gasteiger partial charge is 0.234 e. The molecule has 3 N–H and O–H groups in total. The van der Waals surface area contributed by atoms with Crippen molar-refractivity contribution in [2.75, 3.05) is 11.1 Å². The molecule has 0 saturated heterocycles. The molecule has 21 heavy (non-hydrogen) atoms. The Kier molecular flexibility index (Phi) is 3.02. The maximum atomic E-state index is 13.9. The molecule has 0 aliphatic rings. The summed E-state index contributed by atoms with van der Waals surface area (Å²) in [6.07, 6.45) is 4.78. The highest BCUT2D eigenvalue weighted by Crippen LogP contribution is 2.24. The molecule has 0 unspecified atom stereocenters. The van der Waals surface area contributed by atoms with E-state index in [0.717, 1.165) is 0 Å². The number of imidazole rings is 1. The molecule has 2 aromatic heterocycles. The second kappa shape index (κ2) is 4.86. The zero-order chi connectivity index (χ0) is 15.0. The Morgan fingerprint density at radius 3 is 2.95 bits per heavy atom. The minimum atomic E-state index is -0.408. The van der Waals surface area contributed by atoms with Gasteiger partial charge in [0.2, 0.25) is 11.7 Å². The topological polar surface area (TPSA) is 85.3 Å². The van der Waals surface area contributed by atoms with Gasteiger partial charge in [0.05, 0.1) is 17.6 Å². The number of hydrogen-bond donors (Lipinski definition) is 2. The zero-order valence-corrected chi connectivity index (χ0v) is 11.2. The van der Waals surface area contributed by atoms with Crippen LogP contribution in [0.25, 0.3) is 17.0 Å². The highest BCUT2D eigenvalue weighted by atomic mass is 19.1. The Bertz CT molecular complexity index is 842. The Hall–Kier alpha value is -2.96. The first-order valence-corrected chi connectivity index (χ1v) is 6.20. The van der Waals surface area contributed by atoms with Crippen LogP contribution in [0.2, 0.25) is 0 Å². The van der Waals surface area contributed by atoms with Crippen molar-refractivity contribution < 1.29 is 9.18 Å². The second-order valence-corrected chi connectivity index (χ2v) is 4.60. The molecule has 0 radical (unpaired) electrons.